The highest BCUT2D eigenvalue weighted by atomic mass is 16.1. The molecule has 0 unspecified atom stereocenters. The first-order valence-electron chi connectivity index (χ1n) is 8.46. The predicted octanol–water partition coefficient (Wildman–Crippen LogP) is 3.82. The van der Waals surface area contributed by atoms with Crippen molar-refractivity contribution in [2.45, 2.75) is 19.9 Å². The van der Waals surface area contributed by atoms with E-state index in [2.05, 4.69) is 27.9 Å². The highest BCUT2D eigenvalue weighted by Gasteiger charge is 2.11. The molecule has 0 saturated heterocycles. The fourth-order valence-corrected chi connectivity index (χ4v) is 3.15. The normalized spacial score (nSPS) is 10.9. The van der Waals surface area contributed by atoms with E-state index in [1.807, 2.05) is 24.4 Å². The molecular weight excluding hydrogens is 326 g/mol. The quantitative estimate of drug-likeness (QED) is 0.612. The molecule has 6 heteroatoms. The van der Waals surface area contributed by atoms with Gasteiger partial charge in [0.2, 0.25) is 0 Å². The van der Waals surface area contributed by atoms with Crippen LogP contribution in [0.15, 0.2) is 55.1 Å². The van der Waals surface area contributed by atoms with Crippen molar-refractivity contribution in [1.82, 2.24) is 14.0 Å². The number of rotatable bonds is 4. The minimum absolute atomic E-state index is 0.202. The van der Waals surface area contributed by atoms with Crippen LogP contribution in [0, 0.1) is 11.3 Å². The van der Waals surface area contributed by atoms with Crippen molar-refractivity contribution in [3.8, 4) is 6.07 Å². The van der Waals surface area contributed by atoms with E-state index >= 15 is 0 Å². The monoisotopic (exact) mass is 343 g/mol. The Kier molecular flexibility index (Phi) is 3.90. The second-order valence-corrected chi connectivity index (χ2v) is 6.14. The molecule has 0 radical (unpaired) electrons. The molecule has 0 aliphatic rings. The van der Waals surface area contributed by atoms with Crippen LogP contribution in [0.4, 0.5) is 5.69 Å². The zero-order valence-corrected chi connectivity index (χ0v) is 14.3. The number of fused-ring (bicyclic) bond motifs is 2. The second kappa shape index (κ2) is 6.37. The van der Waals surface area contributed by atoms with E-state index in [0.717, 1.165) is 29.5 Å². The van der Waals surface area contributed by atoms with E-state index in [4.69, 9.17) is 0 Å². The fraction of sp³-hybridized carbons (Fsp3) is 0.150. The van der Waals surface area contributed by atoms with Gasteiger partial charge in [0.15, 0.2) is 0 Å². The maximum absolute atomic E-state index is 12.6. The van der Waals surface area contributed by atoms with Crippen LogP contribution >= 0.6 is 0 Å². The Hall–Kier alpha value is -3.59. The zero-order valence-electron chi connectivity index (χ0n) is 14.3. The van der Waals surface area contributed by atoms with Crippen LogP contribution in [0.3, 0.4) is 0 Å². The minimum atomic E-state index is -0.202. The number of hydrogen-bond donors (Lipinski definition) is 1. The van der Waals surface area contributed by atoms with E-state index in [9.17, 15) is 10.1 Å². The summed E-state index contributed by atoms with van der Waals surface area (Å²) in [5, 5.41) is 13.1. The lowest BCUT2D eigenvalue weighted by Crippen LogP contribution is -2.12. The second-order valence-electron chi connectivity index (χ2n) is 6.14. The summed E-state index contributed by atoms with van der Waals surface area (Å²) in [4.78, 5) is 16.7. The lowest BCUT2D eigenvalue weighted by atomic mass is 10.1. The maximum atomic E-state index is 12.6. The summed E-state index contributed by atoms with van der Waals surface area (Å²) in [6.07, 6.45) is 8.09. The Balaban J connectivity index is 1.66. The molecule has 0 bridgehead atoms. The number of pyridine rings is 1. The van der Waals surface area contributed by atoms with Gasteiger partial charge in [0, 0.05) is 47.9 Å². The molecule has 6 nitrogen and oxygen atoms in total. The smallest absolute Gasteiger partial charge is 0.257 e. The van der Waals surface area contributed by atoms with E-state index in [-0.39, 0.29) is 5.91 Å². The molecule has 26 heavy (non-hydrogen) atoms. The summed E-state index contributed by atoms with van der Waals surface area (Å²) in [5.41, 5.74) is 3.61. The van der Waals surface area contributed by atoms with Crippen molar-refractivity contribution in [1.29, 1.82) is 5.26 Å². The number of aromatic nitrogens is 3. The SMILES string of the molecule is CCCn1cc(C#N)c2cc(NC(=O)c3ccc4nccn4c3)ccc21. The van der Waals surface area contributed by atoms with Crippen LogP contribution in [0.25, 0.3) is 16.6 Å². The third-order valence-corrected chi connectivity index (χ3v) is 4.37. The summed E-state index contributed by atoms with van der Waals surface area (Å²) >= 11 is 0. The average Bonchev–Trinajstić information content (AvgIpc) is 3.25. The van der Waals surface area contributed by atoms with Gasteiger partial charge in [-0.3, -0.25) is 4.79 Å². The minimum Gasteiger partial charge on any atom is -0.346 e. The molecule has 0 fully saturated rings. The van der Waals surface area contributed by atoms with Crippen molar-refractivity contribution in [3.63, 3.8) is 0 Å². The maximum Gasteiger partial charge on any atom is 0.257 e. The van der Waals surface area contributed by atoms with Gasteiger partial charge in [0.1, 0.15) is 11.7 Å². The number of carbonyl (C=O) groups is 1. The molecule has 0 saturated carbocycles. The summed E-state index contributed by atoms with van der Waals surface area (Å²) in [7, 11) is 0. The number of carbonyl (C=O) groups excluding carboxylic acids is 1. The Morgan fingerprint density at radius 1 is 1.27 bits per heavy atom. The summed E-state index contributed by atoms with van der Waals surface area (Å²) in [5.74, 6) is -0.202. The predicted molar refractivity (Wildman–Crippen MR) is 100 cm³/mol. The van der Waals surface area contributed by atoms with Crippen molar-refractivity contribution >= 4 is 28.1 Å². The Morgan fingerprint density at radius 3 is 2.96 bits per heavy atom. The lowest BCUT2D eigenvalue weighted by molar-refractivity contribution is 0.102. The van der Waals surface area contributed by atoms with Gasteiger partial charge in [0.05, 0.1) is 11.1 Å². The molecule has 128 valence electrons. The van der Waals surface area contributed by atoms with Crippen LogP contribution in [-0.4, -0.2) is 19.9 Å². The molecule has 4 rings (SSSR count). The molecule has 0 atom stereocenters. The first-order valence-corrected chi connectivity index (χ1v) is 8.46. The molecule has 0 aliphatic heterocycles. The van der Waals surface area contributed by atoms with Crippen LogP contribution < -0.4 is 5.32 Å². The van der Waals surface area contributed by atoms with E-state index < -0.39 is 0 Å². The molecule has 1 aromatic carbocycles. The first-order chi connectivity index (χ1) is 12.7. The van der Waals surface area contributed by atoms with Crippen LogP contribution in [0.2, 0.25) is 0 Å². The molecule has 3 heterocycles. The summed E-state index contributed by atoms with van der Waals surface area (Å²) in [6.45, 7) is 2.96. The zero-order chi connectivity index (χ0) is 18.1. The van der Waals surface area contributed by atoms with Gasteiger partial charge in [-0.2, -0.15) is 5.26 Å². The standard InChI is InChI=1S/C20H17N5O/c1-2-8-24-13-15(11-21)17-10-16(4-5-18(17)24)23-20(26)14-3-6-19-22-7-9-25(19)12-14/h3-7,9-10,12-13H,2,8H2,1H3,(H,23,26). The average molecular weight is 343 g/mol. The van der Waals surface area contributed by atoms with Crippen molar-refractivity contribution in [3.05, 3.63) is 66.2 Å². The highest BCUT2D eigenvalue weighted by Crippen LogP contribution is 2.25. The Labute approximate surface area is 150 Å². The number of anilines is 1. The van der Waals surface area contributed by atoms with E-state index in [1.54, 1.807) is 35.1 Å². The number of hydrogen-bond acceptors (Lipinski definition) is 3. The molecule has 0 spiro atoms. The Morgan fingerprint density at radius 2 is 2.15 bits per heavy atom. The highest BCUT2D eigenvalue weighted by molar-refractivity contribution is 6.05. The van der Waals surface area contributed by atoms with E-state index in [0.29, 0.717) is 16.8 Å². The molecule has 3 aromatic heterocycles. The Bertz CT molecular complexity index is 1160. The van der Waals surface area contributed by atoms with Gasteiger partial charge in [-0.1, -0.05) is 6.92 Å². The van der Waals surface area contributed by atoms with Crippen LogP contribution in [0.1, 0.15) is 29.3 Å². The summed E-state index contributed by atoms with van der Waals surface area (Å²) in [6, 6.07) is 11.4. The number of nitriles is 1. The molecule has 4 aromatic rings. The van der Waals surface area contributed by atoms with Gasteiger partial charge < -0.3 is 14.3 Å². The number of nitrogens with zero attached hydrogens (tertiary/aromatic N) is 4. The van der Waals surface area contributed by atoms with Gasteiger partial charge >= 0.3 is 0 Å². The number of imidazole rings is 1. The number of benzene rings is 1. The number of aryl methyl sites for hydroxylation is 1. The van der Waals surface area contributed by atoms with Gasteiger partial charge in [0.25, 0.3) is 5.91 Å². The largest absolute Gasteiger partial charge is 0.346 e. The van der Waals surface area contributed by atoms with Gasteiger partial charge in [-0.05, 0) is 36.8 Å². The number of nitrogens with one attached hydrogen (secondary N) is 1. The summed E-state index contributed by atoms with van der Waals surface area (Å²) < 4.78 is 3.88. The molecule has 1 amide bonds. The van der Waals surface area contributed by atoms with Crippen molar-refractivity contribution < 1.29 is 4.79 Å². The third kappa shape index (κ3) is 2.70. The van der Waals surface area contributed by atoms with Crippen molar-refractivity contribution in [2.24, 2.45) is 0 Å². The van der Waals surface area contributed by atoms with Gasteiger partial charge in [-0.15, -0.1) is 0 Å². The van der Waals surface area contributed by atoms with Crippen molar-refractivity contribution in [2.75, 3.05) is 5.32 Å². The van der Waals surface area contributed by atoms with Crippen LogP contribution in [0.5, 0.6) is 0 Å². The fourth-order valence-electron chi connectivity index (χ4n) is 3.15. The lowest BCUT2D eigenvalue weighted by Gasteiger charge is -2.07. The molecule has 0 aliphatic carbocycles. The van der Waals surface area contributed by atoms with E-state index in [1.165, 1.54) is 0 Å². The molecular formula is C20H17N5O. The number of amides is 1. The molecule has 1 N–H and O–H groups in total. The van der Waals surface area contributed by atoms with Crippen LogP contribution in [-0.2, 0) is 6.54 Å². The topological polar surface area (TPSA) is 75.1 Å². The third-order valence-electron chi connectivity index (χ3n) is 4.37. The van der Waals surface area contributed by atoms with Gasteiger partial charge in [-0.25, -0.2) is 4.98 Å². The first kappa shape index (κ1) is 15.9.